The Kier molecular flexibility index (Phi) is 10.5. The Hall–Kier alpha value is -3.07. The van der Waals surface area contributed by atoms with Gasteiger partial charge >= 0.3 is 0 Å². The molecule has 2 aromatic heterocycles. The van der Waals surface area contributed by atoms with E-state index in [1.165, 1.54) is 11.3 Å². The van der Waals surface area contributed by atoms with Crippen molar-refractivity contribution in [3.05, 3.63) is 70.5 Å². The van der Waals surface area contributed by atoms with Crippen LogP contribution in [0.15, 0.2) is 54.7 Å². The number of aryl methyl sites for hydroxylation is 1. The Labute approximate surface area is 287 Å². The third-order valence-electron chi connectivity index (χ3n) is 9.71. The van der Waals surface area contributed by atoms with Crippen LogP contribution in [0.25, 0.3) is 10.9 Å². The molecule has 0 amide bonds. The van der Waals surface area contributed by atoms with Crippen molar-refractivity contribution in [3.8, 4) is 5.75 Å². The quantitative estimate of drug-likeness (QED) is 0.106. The first-order valence-corrected chi connectivity index (χ1v) is 19.5. The van der Waals surface area contributed by atoms with Crippen LogP contribution < -0.4 is 26.0 Å². The van der Waals surface area contributed by atoms with Crippen molar-refractivity contribution >= 4 is 69.4 Å². The van der Waals surface area contributed by atoms with Crippen molar-refractivity contribution in [3.63, 3.8) is 0 Å². The summed E-state index contributed by atoms with van der Waals surface area (Å²) < 4.78 is 19.7. The molecule has 0 aliphatic carbocycles. The van der Waals surface area contributed by atoms with E-state index in [1.807, 2.05) is 43.1 Å². The molecular weight excluding hydrogens is 652 g/mol. The molecule has 0 radical (unpaired) electrons. The highest BCUT2D eigenvalue weighted by atomic mass is 35.5. The van der Waals surface area contributed by atoms with Crippen molar-refractivity contribution in [1.29, 1.82) is 0 Å². The lowest BCUT2D eigenvalue weighted by atomic mass is 9.99. The van der Waals surface area contributed by atoms with E-state index in [0.717, 1.165) is 81.8 Å². The van der Waals surface area contributed by atoms with Gasteiger partial charge in [-0.25, -0.2) is 4.98 Å². The molecule has 3 N–H and O–H groups in total. The highest BCUT2D eigenvalue weighted by Crippen LogP contribution is 2.43. The van der Waals surface area contributed by atoms with Crippen LogP contribution in [0.4, 0.5) is 22.9 Å². The lowest BCUT2D eigenvalue weighted by molar-refractivity contribution is 0.0881. The summed E-state index contributed by atoms with van der Waals surface area (Å²) in [6.07, 6.45) is 5.48. The molecule has 0 bridgehead atoms. The summed E-state index contributed by atoms with van der Waals surface area (Å²) in [5.74, 6) is 1.17. The molecule has 2 saturated heterocycles. The lowest BCUT2D eigenvalue weighted by Crippen LogP contribution is -2.53. The molecule has 0 spiro atoms. The Morgan fingerprint density at radius 1 is 1.04 bits per heavy atom. The Morgan fingerprint density at radius 3 is 2.51 bits per heavy atom. The van der Waals surface area contributed by atoms with Gasteiger partial charge in [-0.3, -0.25) is 9.88 Å². The minimum Gasteiger partial charge on any atom is -0.495 e. The zero-order chi connectivity index (χ0) is 33.1. The summed E-state index contributed by atoms with van der Waals surface area (Å²) in [4.78, 5) is 16.4. The topological polar surface area (TPSA) is 99.9 Å². The number of fused-ring (bicyclic) bond motifs is 1. The predicted octanol–water partition coefficient (Wildman–Crippen LogP) is 6.74. The van der Waals surface area contributed by atoms with Crippen molar-refractivity contribution in [2.24, 2.45) is 0 Å². The van der Waals surface area contributed by atoms with Crippen molar-refractivity contribution in [2.45, 2.75) is 32.2 Å². The second kappa shape index (κ2) is 14.6. The fourth-order valence-corrected chi connectivity index (χ4v) is 9.36. The second-order valence-corrected chi connectivity index (χ2v) is 16.5. The van der Waals surface area contributed by atoms with Crippen LogP contribution in [0.3, 0.4) is 0 Å². The second-order valence-electron chi connectivity index (χ2n) is 12.6. The molecule has 47 heavy (non-hydrogen) atoms. The maximum Gasteiger partial charge on any atom is 0.157 e. The number of benzene rings is 2. The number of methoxy groups -OCH3 is 1. The molecule has 1 atom stereocenters. The number of aromatic nitrogens is 2. The van der Waals surface area contributed by atoms with Gasteiger partial charge in [0.1, 0.15) is 18.4 Å². The van der Waals surface area contributed by atoms with Crippen LogP contribution in [-0.4, -0.2) is 91.6 Å². The minimum atomic E-state index is -2.71. The van der Waals surface area contributed by atoms with Gasteiger partial charge in [-0.15, -0.1) is 0 Å². The summed E-state index contributed by atoms with van der Waals surface area (Å²) in [6.45, 7) is 10.9. The first-order valence-electron chi connectivity index (χ1n) is 16.4. The third-order valence-corrected chi connectivity index (χ3v) is 12.8. The van der Waals surface area contributed by atoms with Crippen molar-refractivity contribution in [2.75, 3.05) is 81.7 Å². The largest absolute Gasteiger partial charge is 0.495 e. The molecule has 0 saturated carbocycles. The molecule has 9 nitrogen and oxygen atoms in total. The van der Waals surface area contributed by atoms with E-state index in [2.05, 4.69) is 49.0 Å². The minimum absolute atomic E-state index is 0.266. The number of hydrogen-bond donors (Lipinski definition) is 2. The van der Waals surface area contributed by atoms with E-state index < -0.39 is 7.14 Å². The smallest absolute Gasteiger partial charge is 0.157 e. The van der Waals surface area contributed by atoms with Gasteiger partial charge in [0.2, 0.25) is 0 Å². The Morgan fingerprint density at radius 2 is 1.79 bits per heavy atom. The van der Waals surface area contributed by atoms with Crippen LogP contribution in [0.2, 0.25) is 10.2 Å². The van der Waals surface area contributed by atoms with E-state index in [4.69, 9.17) is 33.7 Å². The van der Waals surface area contributed by atoms with Crippen LogP contribution in [-0.2, 0) is 11.0 Å². The van der Waals surface area contributed by atoms with E-state index in [-0.39, 0.29) is 5.15 Å². The summed E-state index contributed by atoms with van der Waals surface area (Å²) in [7, 11) is -1.03. The van der Waals surface area contributed by atoms with Gasteiger partial charge in [0.05, 0.1) is 23.5 Å². The van der Waals surface area contributed by atoms with Gasteiger partial charge < -0.3 is 30.2 Å². The number of para-hydroxylation sites is 1. The van der Waals surface area contributed by atoms with Crippen LogP contribution >= 0.6 is 30.3 Å². The van der Waals surface area contributed by atoms with Gasteiger partial charge in [-0.05, 0) is 61.8 Å². The average Bonchev–Trinajstić information content (AvgIpc) is 3.10. The number of nitrogens with two attached hydrogens (primary N) is 1. The number of hydrogen-bond acceptors (Lipinski definition) is 9. The number of piperazine rings is 1. The van der Waals surface area contributed by atoms with E-state index in [1.54, 1.807) is 13.3 Å². The maximum absolute atomic E-state index is 14.2. The molecule has 6 rings (SSSR count). The van der Waals surface area contributed by atoms with Crippen molar-refractivity contribution in [1.82, 2.24) is 19.8 Å². The fraction of sp³-hybridized carbons (Fsp3) is 0.429. The number of nitrogen functional groups attached to an aromatic ring is 1. The SMILES string of the molecule is CCc1cc(N)c(OC)cc1N1CCC(N2CCN(CCP(C)(=O)c3ccccc3Nc3nc(Cl)c4ncccc4c3Cl)CC2)CC1. The molecule has 4 aromatic rings. The molecule has 1 unspecified atom stereocenters. The van der Waals surface area contributed by atoms with Gasteiger partial charge in [0.25, 0.3) is 0 Å². The zero-order valence-corrected chi connectivity index (χ0v) is 29.8. The number of nitrogens with zero attached hydrogens (tertiary/aromatic N) is 5. The summed E-state index contributed by atoms with van der Waals surface area (Å²) in [5, 5.41) is 5.52. The number of piperidine rings is 1. The van der Waals surface area contributed by atoms with Gasteiger partial charge in [0, 0.05) is 86.7 Å². The highest BCUT2D eigenvalue weighted by Gasteiger charge is 2.30. The average molecular weight is 697 g/mol. The molecule has 2 aliphatic heterocycles. The number of pyridine rings is 2. The van der Waals surface area contributed by atoms with Gasteiger partial charge in [0.15, 0.2) is 11.0 Å². The number of ether oxygens (including phenoxy) is 1. The first kappa shape index (κ1) is 33.8. The summed E-state index contributed by atoms with van der Waals surface area (Å²) >= 11 is 13.1. The molecular formula is C35H44Cl2N7O2P. The zero-order valence-electron chi connectivity index (χ0n) is 27.4. The molecule has 2 aliphatic rings. The number of halogens is 2. The third kappa shape index (κ3) is 7.35. The first-order chi connectivity index (χ1) is 22.7. The predicted molar refractivity (Wildman–Crippen MR) is 197 cm³/mol. The van der Waals surface area contributed by atoms with Crippen LogP contribution in [0.5, 0.6) is 5.75 Å². The Balaban J connectivity index is 1.03. The lowest BCUT2D eigenvalue weighted by Gasteiger charge is -2.43. The van der Waals surface area contributed by atoms with Gasteiger partial charge in [-0.1, -0.05) is 42.3 Å². The maximum atomic E-state index is 14.2. The number of anilines is 4. The molecule has 2 fully saturated rings. The van der Waals surface area contributed by atoms with E-state index in [0.29, 0.717) is 39.6 Å². The van der Waals surface area contributed by atoms with E-state index >= 15 is 0 Å². The number of nitrogens with one attached hydrogen (secondary N) is 1. The molecule has 2 aromatic carbocycles. The summed E-state index contributed by atoms with van der Waals surface area (Å²) in [6, 6.07) is 16.1. The standard InChI is InChI=1S/C35H44Cl2N7O2P/c1-4-24-22-27(38)30(46-2)23-29(24)44-14-11-25(12-15-44)43-18-16-42(17-19-43)20-21-47(3,45)31-10-6-5-9-28(31)40-35-32(36)26-8-7-13-39-33(26)34(37)41-35/h5-10,13,22-23,25H,4,11-12,14-21,38H2,1-3H3,(H,40,41). The van der Waals surface area contributed by atoms with E-state index in [9.17, 15) is 4.57 Å². The Bertz CT molecular complexity index is 1770. The molecule has 12 heteroatoms. The van der Waals surface area contributed by atoms with Crippen LogP contribution in [0, 0.1) is 0 Å². The number of rotatable bonds is 10. The summed E-state index contributed by atoms with van der Waals surface area (Å²) in [5.41, 5.74) is 10.7. The van der Waals surface area contributed by atoms with Crippen molar-refractivity contribution < 1.29 is 9.30 Å². The molecule has 4 heterocycles. The molecule has 250 valence electrons. The monoisotopic (exact) mass is 695 g/mol. The van der Waals surface area contributed by atoms with Gasteiger partial charge in [-0.2, -0.15) is 0 Å². The highest BCUT2D eigenvalue weighted by molar-refractivity contribution is 7.71. The normalized spacial score (nSPS) is 17.9. The fourth-order valence-electron chi connectivity index (χ4n) is 6.94. The van der Waals surface area contributed by atoms with Crippen LogP contribution in [0.1, 0.15) is 25.3 Å².